The third kappa shape index (κ3) is 4.51. The lowest BCUT2D eigenvalue weighted by Crippen LogP contribution is -2.49. The van der Waals surface area contributed by atoms with Crippen molar-refractivity contribution >= 4 is 16.6 Å². The molecule has 0 spiro atoms. The fourth-order valence-corrected chi connectivity index (χ4v) is 4.93. The van der Waals surface area contributed by atoms with Crippen LogP contribution in [0.5, 0.6) is 0 Å². The average molecular weight is 490 g/mol. The van der Waals surface area contributed by atoms with Gasteiger partial charge in [0.2, 0.25) is 0 Å². The Morgan fingerprint density at radius 2 is 1.64 bits per heavy atom. The van der Waals surface area contributed by atoms with Gasteiger partial charge in [0, 0.05) is 42.9 Å². The maximum absolute atomic E-state index is 13.5. The lowest BCUT2D eigenvalue weighted by Gasteiger charge is -2.40. The molecule has 188 valence electrons. The van der Waals surface area contributed by atoms with Crippen LogP contribution in [0, 0.1) is 19.7 Å². The molecule has 1 aliphatic rings. The molecule has 1 atom stereocenters. The molecule has 8 nitrogen and oxygen atoms in total. The number of anilines is 1. The molecule has 0 amide bonds. The molecule has 2 aromatic heterocycles. The zero-order chi connectivity index (χ0) is 25.6. The van der Waals surface area contributed by atoms with Crippen molar-refractivity contribution < 1.29 is 4.39 Å². The van der Waals surface area contributed by atoms with Crippen LogP contribution < -0.4 is 10.5 Å². The number of halogens is 1. The Morgan fingerprint density at radius 1 is 0.972 bits per heavy atom. The van der Waals surface area contributed by atoms with Gasteiger partial charge in [0.25, 0.3) is 5.56 Å². The normalized spacial score (nSPS) is 16.0. The highest BCUT2D eigenvalue weighted by Gasteiger charge is 2.35. The number of benzene rings is 2. The maximum atomic E-state index is 13.5. The Hall–Kier alpha value is -3.59. The van der Waals surface area contributed by atoms with Gasteiger partial charge in [0.05, 0.1) is 5.54 Å². The molecule has 5 rings (SSSR count). The van der Waals surface area contributed by atoms with E-state index in [9.17, 15) is 9.18 Å². The largest absolute Gasteiger partial charge is 0.369 e. The Labute approximate surface area is 209 Å². The lowest BCUT2D eigenvalue weighted by atomic mass is 9.99. The summed E-state index contributed by atoms with van der Waals surface area (Å²) in [5, 5.41) is 13.7. The number of nitrogens with one attached hydrogen (secondary N) is 1. The Kier molecular flexibility index (Phi) is 6.12. The fraction of sp³-hybridized carbons (Fsp3) is 0.407. The van der Waals surface area contributed by atoms with Gasteiger partial charge in [-0.1, -0.05) is 0 Å². The minimum Gasteiger partial charge on any atom is -0.369 e. The summed E-state index contributed by atoms with van der Waals surface area (Å²) >= 11 is 0. The fourth-order valence-electron chi connectivity index (χ4n) is 4.93. The van der Waals surface area contributed by atoms with E-state index in [0.717, 1.165) is 35.2 Å². The van der Waals surface area contributed by atoms with Crippen LogP contribution >= 0.6 is 0 Å². The molecule has 0 saturated carbocycles. The summed E-state index contributed by atoms with van der Waals surface area (Å²) in [6.07, 6.45) is 0. The number of piperazine rings is 1. The number of aromatic nitrogens is 5. The Morgan fingerprint density at radius 3 is 2.31 bits per heavy atom. The van der Waals surface area contributed by atoms with Crippen molar-refractivity contribution in [1.29, 1.82) is 0 Å². The number of H-pyrrole nitrogens is 1. The number of hydrogen-bond acceptors (Lipinski definition) is 6. The first-order chi connectivity index (χ1) is 17.1. The van der Waals surface area contributed by atoms with E-state index in [1.54, 1.807) is 12.1 Å². The molecule has 1 unspecified atom stereocenters. The summed E-state index contributed by atoms with van der Waals surface area (Å²) in [6.45, 7) is 13.1. The van der Waals surface area contributed by atoms with Gasteiger partial charge >= 0.3 is 0 Å². The predicted octanol–water partition coefficient (Wildman–Crippen LogP) is 3.94. The van der Waals surface area contributed by atoms with E-state index in [-0.39, 0.29) is 16.9 Å². The van der Waals surface area contributed by atoms with Crippen molar-refractivity contribution in [3.05, 3.63) is 81.2 Å². The average Bonchev–Trinajstić information content (AvgIpc) is 3.32. The Balaban J connectivity index is 1.56. The summed E-state index contributed by atoms with van der Waals surface area (Å²) in [5.74, 6) is 0.402. The smallest absolute Gasteiger partial charge is 0.253 e. The number of tetrazole rings is 1. The van der Waals surface area contributed by atoms with Crippen molar-refractivity contribution in [2.24, 2.45) is 0 Å². The quantitative estimate of drug-likeness (QED) is 0.468. The van der Waals surface area contributed by atoms with E-state index in [4.69, 9.17) is 0 Å². The summed E-state index contributed by atoms with van der Waals surface area (Å²) < 4.78 is 15.2. The molecule has 3 heterocycles. The highest BCUT2D eigenvalue weighted by atomic mass is 19.1. The number of pyridine rings is 1. The molecule has 36 heavy (non-hydrogen) atoms. The predicted molar refractivity (Wildman–Crippen MR) is 139 cm³/mol. The highest BCUT2D eigenvalue weighted by molar-refractivity contribution is 5.81. The molecule has 1 N–H and O–H groups in total. The molecular formula is C27H32FN7O. The van der Waals surface area contributed by atoms with Crippen LogP contribution in [-0.2, 0) is 5.54 Å². The zero-order valence-electron chi connectivity index (χ0n) is 21.4. The monoisotopic (exact) mass is 489 g/mol. The minimum atomic E-state index is -0.413. The number of nitrogens with zero attached hydrogens (tertiary/aromatic N) is 6. The van der Waals surface area contributed by atoms with Gasteiger partial charge in [-0.15, -0.1) is 5.10 Å². The number of rotatable bonds is 4. The van der Waals surface area contributed by atoms with Crippen molar-refractivity contribution in [3.8, 4) is 0 Å². The summed E-state index contributed by atoms with van der Waals surface area (Å²) in [6, 6.07) is 12.3. The van der Waals surface area contributed by atoms with Gasteiger partial charge in [-0.3, -0.25) is 9.69 Å². The zero-order valence-corrected chi connectivity index (χ0v) is 21.4. The van der Waals surface area contributed by atoms with Crippen LogP contribution in [0.3, 0.4) is 0 Å². The number of aryl methyl sites for hydroxylation is 2. The molecule has 1 aliphatic heterocycles. The van der Waals surface area contributed by atoms with E-state index < -0.39 is 6.04 Å². The third-order valence-corrected chi connectivity index (χ3v) is 7.03. The lowest BCUT2D eigenvalue weighted by molar-refractivity contribution is 0.190. The molecule has 9 heteroatoms. The minimum absolute atomic E-state index is 0.139. The summed E-state index contributed by atoms with van der Waals surface area (Å²) in [5.41, 5.74) is 4.25. The van der Waals surface area contributed by atoms with E-state index >= 15 is 0 Å². The van der Waals surface area contributed by atoms with Crippen molar-refractivity contribution in [2.45, 2.75) is 46.2 Å². The molecule has 1 fully saturated rings. The van der Waals surface area contributed by atoms with E-state index in [0.29, 0.717) is 24.5 Å². The van der Waals surface area contributed by atoms with Crippen LogP contribution in [0.4, 0.5) is 10.1 Å². The van der Waals surface area contributed by atoms with Gasteiger partial charge in [-0.05, 0) is 104 Å². The van der Waals surface area contributed by atoms with Crippen LogP contribution in [0.25, 0.3) is 10.9 Å². The third-order valence-electron chi connectivity index (χ3n) is 7.03. The summed E-state index contributed by atoms with van der Waals surface area (Å²) in [7, 11) is 0. The second kappa shape index (κ2) is 9.13. The highest BCUT2D eigenvalue weighted by Crippen LogP contribution is 2.31. The van der Waals surface area contributed by atoms with E-state index in [1.807, 2.05) is 44.5 Å². The van der Waals surface area contributed by atoms with Crippen molar-refractivity contribution in [1.82, 2.24) is 30.1 Å². The van der Waals surface area contributed by atoms with Gasteiger partial charge < -0.3 is 9.88 Å². The van der Waals surface area contributed by atoms with Crippen LogP contribution in [0.15, 0.2) is 47.3 Å². The molecule has 0 bridgehead atoms. The molecule has 0 aliphatic carbocycles. The van der Waals surface area contributed by atoms with Gasteiger partial charge in [-0.2, -0.15) is 0 Å². The second-order valence-electron chi connectivity index (χ2n) is 10.6. The first-order valence-electron chi connectivity index (χ1n) is 12.3. The second-order valence-corrected chi connectivity index (χ2v) is 10.6. The van der Waals surface area contributed by atoms with E-state index in [2.05, 4.69) is 43.3 Å². The standard InChI is InChI=1S/C27H32FN7O/c1-17-14-19-16-22(26(36)29-23(19)15-18(17)2)24(25-30-31-32-35(25)27(3,4)5)34-12-10-33(11-13-34)21-8-6-20(28)7-9-21/h6-9,14-16,24H,10-13H2,1-5H3,(H,29,36). The first kappa shape index (κ1) is 24.1. The number of aromatic amines is 1. The molecule has 1 saturated heterocycles. The van der Waals surface area contributed by atoms with Gasteiger partial charge in [0.1, 0.15) is 11.9 Å². The molecule has 4 aromatic rings. The molecule has 0 radical (unpaired) electrons. The topological polar surface area (TPSA) is 82.9 Å². The van der Waals surface area contributed by atoms with Crippen LogP contribution in [-0.4, -0.2) is 56.3 Å². The maximum Gasteiger partial charge on any atom is 0.253 e. The van der Waals surface area contributed by atoms with Gasteiger partial charge in [0.15, 0.2) is 5.82 Å². The van der Waals surface area contributed by atoms with Crippen molar-refractivity contribution in [2.75, 3.05) is 31.1 Å². The number of fused-ring (bicyclic) bond motifs is 1. The van der Waals surface area contributed by atoms with Crippen LogP contribution in [0.2, 0.25) is 0 Å². The van der Waals surface area contributed by atoms with Crippen molar-refractivity contribution in [3.63, 3.8) is 0 Å². The van der Waals surface area contributed by atoms with Gasteiger partial charge in [-0.25, -0.2) is 9.07 Å². The van der Waals surface area contributed by atoms with Crippen LogP contribution in [0.1, 0.15) is 49.3 Å². The molecule has 2 aromatic carbocycles. The summed E-state index contributed by atoms with van der Waals surface area (Å²) in [4.78, 5) is 21.1. The van der Waals surface area contributed by atoms with E-state index in [1.165, 1.54) is 17.7 Å². The first-order valence-corrected chi connectivity index (χ1v) is 12.3. The SMILES string of the molecule is Cc1cc2cc(C(c3nnnn3C(C)(C)C)N3CCN(c4ccc(F)cc4)CC3)c(=O)[nH]c2cc1C. The number of hydrogen-bond donors (Lipinski definition) is 1. The Bertz CT molecular complexity index is 1440. The molecular weight excluding hydrogens is 457 g/mol.